The first-order chi connectivity index (χ1) is 16.6. The Bertz CT molecular complexity index is 1230. The van der Waals surface area contributed by atoms with Gasteiger partial charge >= 0.3 is 5.97 Å². The molecule has 0 saturated carbocycles. The number of esters is 1. The van der Waals surface area contributed by atoms with Gasteiger partial charge in [-0.25, -0.2) is 4.79 Å². The number of hydrogen-bond donors (Lipinski definition) is 1. The van der Waals surface area contributed by atoms with Crippen LogP contribution in [0.2, 0.25) is 10.0 Å². The molecule has 0 saturated heterocycles. The molecule has 0 aliphatic heterocycles. The van der Waals surface area contributed by atoms with Crippen molar-refractivity contribution in [2.24, 2.45) is 0 Å². The van der Waals surface area contributed by atoms with Crippen molar-refractivity contribution in [3.63, 3.8) is 0 Å². The Labute approximate surface area is 215 Å². The van der Waals surface area contributed by atoms with Crippen molar-refractivity contribution in [2.75, 3.05) is 11.9 Å². The lowest BCUT2D eigenvalue weighted by atomic mass is 10.1. The Morgan fingerprint density at radius 2 is 1.71 bits per heavy atom. The Kier molecular flexibility index (Phi) is 8.87. The van der Waals surface area contributed by atoms with E-state index in [1.165, 1.54) is 6.07 Å². The van der Waals surface area contributed by atoms with E-state index in [-0.39, 0.29) is 16.6 Å². The number of pyridine rings is 1. The standard InChI is InChI=1S/C27H30Cl2N2O4/c1-5-34-24-9-7-6-8-22(24)30-17-23-20(28)16-21(29)25(32)31(23)15-14-18-10-12-19(13-11-18)26(33)35-27(2,3)4/h6-13,16,30H,5,14-15,17H2,1-4H3. The molecule has 3 aromatic rings. The van der Waals surface area contributed by atoms with Crippen molar-refractivity contribution in [2.45, 2.75) is 52.8 Å². The number of nitrogens with zero attached hydrogens (tertiary/aromatic N) is 1. The fraction of sp³-hybridized carbons (Fsp3) is 0.333. The number of para-hydroxylation sites is 2. The van der Waals surface area contributed by atoms with Crippen LogP contribution in [0.15, 0.2) is 59.4 Å². The van der Waals surface area contributed by atoms with E-state index in [0.29, 0.717) is 42.4 Å². The van der Waals surface area contributed by atoms with Gasteiger partial charge < -0.3 is 19.4 Å². The molecule has 1 aromatic heterocycles. The molecule has 1 N–H and O–H groups in total. The highest BCUT2D eigenvalue weighted by atomic mass is 35.5. The van der Waals surface area contributed by atoms with Crippen LogP contribution >= 0.6 is 23.2 Å². The topological polar surface area (TPSA) is 69.6 Å². The predicted octanol–water partition coefficient (Wildman–Crippen LogP) is 6.36. The molecule has 0 fully saturated rings. The van der Waals surface area contributed by atoms with Crippen LogP contribution in [0.1, 0.15) is 49.3 Å². The largest absolute Gasteiger partial charge is 0.492 e. The Hall–Kier alpha value is -2.96. The number of anilines is 1. The molecule has 3 rings (SSSR count). The summed E-state index contributed by atoms with van der Waals surface area (Å²) in [5.41, 5.74) is 1.99. The quantitative estimate of drug-likeness (QED) is 0.335. The zero-order valence-corrected chi connectivity index (χ0v) is 21.9. The van der Waals surface area contributed by atoms with Gasteiger partial charge in [-0.1, -0.05) is 47.5 Å². The van der Waals surface area contributed by atoms with E-state index in [2.05, 4.69) is 5.32 Å². The maximum absolute atomic E-state index is 12.9. The predicted molar refractivity (Wildman–Crippen MR) is 141 cm³/mol. The van der Waals surface area contributed by atoms with Crippen LogP contribution in [0.3, 0.4) is 0 Å². The van der Waals surface area contributed by atoms with E-state index in [1.54, 1.807) is 16.7 Å². The number of carbonyl (C=O) groups excluding carboxylic acids is 1. The van der Waals surface area contributed by atoms with Crippen molar-refractivity contribution >= 4 is 34.9 Å². The monoisotopic (exact) mass is 516 g/mol. The van der Waals surface area contributed by atoms with Gasteiger partial charge in [0.25, 0.3) is 5.56 Å². The molecule has 0 atom stereocenters. The van der Waals surface area contributed by atoms with E-state index in [0.717, 1.165) is 17.0 Å². The molecule has 6 nitrogen and oxygen atoms in total. The van der Waals surface area contributed by atoms with Crippen LogP contribution in [0, 0.1) is 0 Å². The first-order valence-corrected chi connectivity index (χ1v) is 12.2. The zero-order chi connectivity index (χ0) is 25.6. The van der Waals surface area contributed by atoms with Crippen LogP contribution in [0.4, 0.5) is 5.69 Å². The van der Waals surface area contributed by atoms with E-state index in [9.17, 15) is 9.59 Å². The Morgan fingerprint density at radius 3 is 2.37 bits per heavy atom. The van der Waals surface area contributed by atoms with Crippen LogP contribution in [0.5, 0.6) is 5.75 Å². The van der Waals surface area contributed by atoms with Crippen molar-refractivity contribution in [3.05, 3.63) is 91.8 Å². The number of rotatable bonds is 9. The molecular weight excluding hydrogens is 487 g/mol. The van der Waals surface area contributed by atoms with Crippen molar-refractivity contribution in [1.29, 1.82) is 0 Å². The number of ether oxygens (including phenoxy) is 2. The van der Waals surface area contributed by atoms with E-state index in [4.69, 9.17) is 32.7 Å². The van der Waals surface area contributed by atoms with Gasteiger partial charge in [-0.15, -0.1) is 0 Å². The molecule has 0 amide bonds. The van der Waals surface area contributed by atoms with Gasteiger partial charge in [-0.2, -0.15) is 0 Å². The molecule has 0 spiro atoms. The smallest absolute Gasteiger partial charge is 0.338 e. The van der Waals surface area contributed by atoms with Crippen LogP contribution in [-0.4, -0.2) is 22.7 Å². The average molecular weight is 517 g/mol. The molecule has 0 aliphatic carbocycles. The third kappa shape index (κ3) is 7.26. The fourth-order valence-corrected chi connectivity index (χ4v) is 4.06. The molecule has 0 unspecified atom stereocenters. The molecular formula is C27H30Cl2N2O4. The summed E-state index contributed by atoms with van der Waals surface area (Å²) in [5, 5.41) is 3.78. The lowest BCUT2D eigenvalue weighted by Gasteiger charge is -2.19. The minimum absolute atomic E-state index is 0.0636. The zero-order valence-electron chi connectivity index (χ0n) is 20.4. The SMILES string of the molecule is CCOc1ccccc1NCc1c(Cl)cc(Cl)c(=O)n1CCc1ccc(C(=O)OC(C)(C)C)cc1. The first-order valence-electron chi connectivity index (χ1n) is 11.4. The van der Waals surface area contributed by atoms with Crippen molar-refractivity contribution < 1.29 is 14.3 Å². The lowest BCUT2D eigenvalue weighted by molar-refractivity contribution is 0.00695. The summed E-state index contributed by atoms with van der Waals surface area (Å²) in [6, 6.07) is 16.2. The number of nitrogens with one attached hydrogen (secondary N) is 1. The second-order valence-electron chi connectivity index (χ2n) is 8.98. The molecule has 0 aliphatic rings. The highest BCUT2D eigenvalue weighted by molar-refractivity contribution is 6.34. The number of aromatic nitrogens is 1. The van der Waals surface area contributed by atoms with Gasteiger partial charge in [0.2, 0.25) is 0 Å². The second-order valence-corrected chi connectivity index (χ2v) is 9.79. The second kappa shape index (κ2) is 11.6. The Morgan fingerprint density at radius 1 is 1.03 bits per heavy atom. The maximum atomic E-state index is 12.9. The molecule has 8 heteroatoms. The van der Waals surface area contributed by atoms with Gasteiger partial charge in [0, 0.05) is 6.54 Å². The summed E-state index contributed by atoms with van der Waals surface area (Å²) in [6.45, 7) is 8.63. The van der Waals surface area contributed by atoms with E-state index in [1.807, 2.05) is 64.1 Å². The third-order valence-electron chi connectivity index (χ3n) is 5.15. The summed E-state index contributed by atoms with van der Waals surface area (Å²) in [7, 11) is 0. The summed E-state index contributed by atoms with van der Waals surface area (Å²) in [4.78, 5) is 25.1. The van der Waals surface area contributed by atoms with Crippen LogP contribution in [-0.2, 0) is 24.2 Å². The number of benzene rings is 2. The molecule has 2 aromatic carbocycles. The lowest BCUT2D eigenvalue weighted by Crippen LogP contribution is -2.26. The number of carbonyl (C=O) groups is 1. The van der Waals surface area contributed by atoms with E-state index < -0.39 is 5.60 Å². The first kappa shape index (κ1) is 26.6. The van der Waals surface area contributed by atoms with Crippen LogP contribution in [0.25, 0.3) is 0 Å². The van der Waals surface area contributed by atoms with Crippen LogP contribution < -0.4 is 15.6 Å². The molecule has 35 heavy (non-hydrogen) atoms. The minimum atomic E-state index is -0.559. The van der Waals surface area contributed by atoms with Crippen molar-refractivity contribution in [3.8, 4) is 5.75 Å². The number of halogens is 2. The molecule has 0 radical (unpaired) electrons. The third-order valence-corrected chi connectivity index (χ3v) is 5.75. The summed E-state index contributed by atoms with van der Waals surface area (Å²) in [6.07, 6.45) is 0.549. The van der Waals surface area contributed by atoms with Crippen molar-refractivity contribution in [1.82, 2.24) is 4.57 Å². The van der Waals surface area contributed by atoms with Gasteiger partial charge in [0.1, 0.15) is 16.4 Å². The Balaban J connectivity index is 1.77. The highest BCUT2D eigenvalue weighted by Gasteiger charge is 2.18. The molecule has 0 bridgehead atoms. The van der Waals surface area contributed by atoms with Gasteiger partial charge in [0.05, 0.1) is 35.1 Å². The average Bonchev–Trinajstić information content (AvgIpc) is 2.80. The van der Waals surface area contributed by atoms with Gasteiger partial charge in [-0.05, 0) is 70.0 Å². The minimum Gasteiger partial charge on any atom is -0.492 e. The summed E-state index contributed by atoms with van der Waals surface area (Å²) >= 11 is 12.7. The van der Waals surface area contributed by atoms with Gasteiger partial charge in [-0.3, -0.25) is 4.79 Å². The number of hydrogen-bond acceptors (Lipinski definition) is 5. The normalized spacial score (nSPS) is 11.3. The fourth-order valence-electron chi connectivity index (χ4n) is 3.51. The van der Waals surface area contributed by atoms with E-state index >= 15 is 0 Å². The summed E-state index contributed by atoms with van der Waals surface area (Å²) < 4.78 is 12.7. The maximum Gasteiger partial charge on any atom is 0.338 e. The number of aryl methyl sites for hydroxylation is 1. The summed E-state index contributed by atoms with van der Waals surface area (Å²) in [5.74, 6) is 0.349. The highest BCUT2D eigenvalue weighted by Crippen LogP contribution is 2.26. The molecule has 1 heterocycles. The van der Waals surface area contributed by atoms with Gasteiger partial charge in [0.15, 0.2) is 0 Å². The molecule has 186 valence electrons.